The maximum absolute atomic E-state index is 5.42. The Labute approximate surface area is 99.4 Å². The van der Waals surface area contributed by atoms with Gasteiger partial charge in [-0.2, -0.15) is 0 Å². The first-order valence-corrected chi connectivity index (χ1v) is 6.46. The van der Waals surface area contributed by atoms with Crippen LogP contribution >= 0.6 is 12.2 Å². The molecule has 1 aliphatic heterocycles. The van der Waals surface area contributed by atoms with Crippen LogP contribution in [0.3, 0.4) is 0 Å². The van der Waals surface area contributed by atoms with Gasteiger partial charge in [0.05, 0.1) is 0 Å². The van der Waals surface area contributed by atoms with Crippen molar-refractivity contribution in [3.63, 3.8) is 0 Å². The van der Waals surface area contributed by atoms with Gasteiger partial charge in [-0.1, -0.05) is 20.8 Å². The number of hydrogen-bond acceptors (Lipinski definition) is 1. The van der Waals surface area contributed by atoms with E-state index in [1.54, 1.807) is 0 Å². The van der Waals surface area contributed by atoms with E-state index >= 15 is 0 Å². The Morgan fingerprint density at radius 2 is 2.13 bits per heavy atom. The van der Waals surface area contributed by atoms with Crippen molar-refractivity contribution in [3.8, 4) is 0 Å². The lowest BCUT2D eigenvalue weighted by molar-refractivity contribution is 0.207. The summed E-state index contributed by atoms with van der Waals surface area (Å²) in [7, 11) is 0. The molecule has 15 heavy (non-hydrogen) atoms. The van der Waals surface area contributed by atoms with Gasteiger partial charge in [-0.05, 0) is 43.8 Å². The van der Waals surface area contributed by atoms with E-state index in [4.69, 9.17) is 12.2 Å². The smallest absolute Gasteiger partial charge is 0.169 e. The minimum Gasteiger partial charge on any atom is -0.362 e. The molecular weight excluding hydrogens is 204 g/mol. The molecule has 0 aromatic carbocycles. The maximum Gasteiger partial charge on any atom is 0.169 e. The van der Waals surface area contributed by atoms with Crippen LogP contribution < -0.4 is 5.32 Å². The number of thiocarbonyl (C=S) groups is 1. The Kier molecular flexibility index (Phi) is 4.84. The highest BCUT2D eigenvalue weighted by atomic mass is 32.1. The zero-order valence-corrected chi connectivity index (χ0v) is 11.2. The van der Waals surface area contributed by atoms with Gasteiger partial charge in [-0.3, -0.25) is 0 Å². The zero-order chi connectivity index (χ0) is 11.4. The molecule has 1 N–H and O–H groups in total. The number of hydrogen-bond donors (Lipinski definition) is 1. The summed E-state index contributed by atoms with van der Waals surface area (Å²) in [5.41, 5.74) is 0. The van der Waals surface area contributed by atoms with Crippen molar-refractivity contribution in [2.45, 2.75) is 46.6 Å². The first-order chi connectivity index (χ1) is 7.00. The fourth-order valence-corrected chi connectivity index (χ4v) is 2.46. The molecule has 0 aromatic heterocycles. The number of likely N-dealkylation sites (tertiary alicyclic amines) is 1. The normalized spacial score (nSPS) is 26.9. The highest BCUT2D eigenvalue weighted by molar-refractivity contribution is 7.80. The number of nitrogens with one attached hydrogen (secondary N) is 1. The van der Waals surface area contributed by atoms with Crippen LogP contribution in [0.15, 0.2) is 0 Å². The Hall–Kier alpha value is -0.310. The molecule has 2 nitrogen and oxygen atoms in total. The first kappa shape index (κ1) is 12.8. The van der Waals surface area contributed by atoms with Crippen molar-refractivity contribution in [1.29, 1.82) is 0 Å². The van der Waals surface area contributed by atoms with Gasteiger partial charge < -0.3 is 10.2 Å². The van der Waals surface area contributed by atoms with Crippen LogP contribution in [0.25, 0.3) is 0 Å². The van der Waals surface area contributed by atoms with Gasteiger partial charge in [0, 0.05) is 19.1 Å². The van der Waals surface area contributed by atoms with E-state index in [9.17, 15) is 0 Å². The summed E-state index contributed by atoms with van der Waals surface area (Å²) in [6.07, 6.45) is 2.54. The van der Waals surface area contributed by atoms with Crippen LogP contribution in [-0.4, -0.2) is 29.1 Å². The predicted molar refractivity (Wildman–Crippen MR) is 70.0 cm³/mol. The molecule has 0 aliphatic carbocycles. The van der Waals surface area contributed by atoms with Crippen LogP contribution in [0.5, 0.6) is 0 Å². The second-order valence-electron chi connectivity index (χ2n) is 5.25. The van der Waals surface area contributed by atoms with Gasteiger partial charge in [0.15, 0.2) is 5.11 Å². The summed E-state index contributed by atoms with van der Waals surface area (Å²) >= 11 is 5.42. The molecule has 3 heteroatoms. The monoisotopic (exact) mass is 228 g/mol. The Balaban J connectivity index is 2.38. The molecule has 1 fully saturated rings. The van der Waals surface area contributed by atoms with Crippen molar-refractivity contribution in [3.05, 3.63) is 0 Å². The maximum atomic E-state index is 5.42. The Morgan fingerprint density at radius 1 is 1.47 bits per heavy atom. The van der Waals surface area contributed by atoms with E-state index in [-0.39, 0.29) is 0 Å². The summed E-state index contributed by atoms with van der Waals surface area (Å²) in [5, 5.41) is 4.30. The molecule has 88 valence electrons. The predicted octanol–water partition coefficient (Wildman–Crippen LogP) is 2.64. The molecule has 1 aliphatic rings. The Bertz CT molecular complexity index is 216. The molecule has 2 atom stereocenters. The van der Waals surface area contributed by atoms with Gasteiger partial charge in [-0.15, -0.1) is 0 Å². The van der Waals surface area contributed by atoms with Crippen molar-refractivity contribution < 1.29 is 0 Å². The topological polar surface area (TPSA) is 15.3 Å². The minimum atomic E-state index is 0.598. The largest absolute Gasteiger partial charge is 0.362 e. The van der Waals surface area contributed by atoms with Gasteiger partial charge >= 0.3 is 0 Å². The third-order valence-electron chi connectivity index (χ3n) is 3.06. The third kappa shape index (κ3) is 3.98. The highest BCUT2D eigenvalue weighted by Crippen LogP contribution is 2.21. The van der Waals surface area contributed by atoms with Gasteiger partial charge in [0.25, 0.3) is 0 Å². The first-order valence-electron chi connectivity index (χ1n) is 6.05. The average Bonchev–Trinajstić information content (AvgIpc) is 2.14. The molecule has 1 rings (SSSR count). The SMILES string of the molecule is CC(C)CNC(=S)N1CCC(C)CC1C. The quantitative estimate of drug-likeness (QED) is 0.732. The molecule has 2 unspecified atom stereocenters. The summed E-state index contributed by atoms with van der Waals surface area (Å²) in [6, 6.07) is 0.598. The van der Waals surface area contributed by atoms with Crippen molar-refractivity contribution >= 4 is 17.3 Å². The lowest BCUT2D eigenvalue weighted by Gasteiger charge is -2.38. The van der Waals surface area contributed by atoms with Crippen molar-refractivity contribution in [1.82, 2.24) is 10.2 Å². The highest BCUT2D eigenvalue weighted by Gasteiger charge is 2.24. The number of nitrogens with zero attached hydrogens (tertiary/aromatic N) is 1. The van der Waals surface area contributed by atoms with Crippen molar-refractivity contribution in [2.24, 2.45) is 11.8 Å². The van der Waals surface area contributed by atoms with Gasteiger partial charge in [0.1, 0.15) is 0 Å². The van der Waals surface area contributed by atoms with Crippen LogP contribution in [-0.2, 0) is 0 Å². The number of rotatable bonds is 2. The lowest BCUT2D eigenvalue weighted by atomic mass is 9.94. The van der Waals surface area contributed by atoms with Crippen LogP contribution in [0.1, 0.15) is 40.5 Å². The molecular formula is C12H24N2S. The third-order valence-corrected chi connectivity index (χ3v) is 3.44. The second-order valence-corrected chi connectivity index (χ2v) is 5.64. The molecule has 0 spiro atoms. The minimum absolute atomic E-state index is 0.598. The molecule has 1 heterocycles. The molecule has 1 saturated heterocycles. The van der Waals surface area contributed by atoms with Crippen molar-refractivity contribution in [2.75, 3.05) is 13.1 Å². The molecule has 0 aromatic rings. The van der Waals surface area contributed by atoms with Crippen LogP contribution in [0.2, 0.25) is 0 Å². The van der Waals surface area contributed by atoms with E-state index in [0.717, 1.165) is 24.1 Å². The summed E-state index contributed by atoms with van der Waals surface area (Å²) in [4.78, 5) is 2.34. The van der Waals surface area contributed by atoms with Gasteiger partial charge in [-0.25, -0.2) is 0 Å². The fraction of sp³-hybridized carbons (Fsp3) is 0.917. The Morgan fingerprint density at radius 3 is 2.67 bits per heavy atom. The molecule has 0 radical (unpaired) electrons. The van der Waals surface area contributed by atoms with Crippen LogP contribution in [0.4, 0.5) is 0 Å². The summed E-state index contributed by atoms with van der Waals surface area (Å²) in [5.74, 6) is 1.51. The summed E-state index contributed by atoms with van der Waals surface area (Å²) in [6.45, 7) is 11.1. The molecule has 0 amide bonds. The standard InChI is InChI=1S/C12H24N2S/c1-9(2)8-13-12(15)14-6-5-10(3)7-11(14)4/h9-11H,5-8H2,1-4H3,(H,13,15). The van der Waals surface area contributed by atoms with Crippen LogP contribution in [0, 0.1) is 11.8 Å². The van der Waals surface area contributed by atoms with Gasteiger partial charge in [0.2, 0.25) is 0 Å². The number of piperidine rings is 1. The zero-order valence-electron chi connectivity index (χ0n) is 10.4. The second kappa shape index (κ2) is 5.69. The molecule has 0 bridgehead atoms. The summed E-state index contributed by atoms with van der Waals surface area (Å²) < 4.78 is 0. The van der Waals surface area contributed by atoms with E-state index in [1.165, 1.54) is 12.8 Å². The fourth-order valence-electron chi connectivity index (χ4n) is 2.10. The van der Waals surface area contributed by atoms with E-state index in [2.05, 4.69) is 37.9 Å². The lowest BCUT2D eigenvalue weighted by Crippen LogP contribution is -2.49. The molecule has 0 saturated carbocycles. The van der Waals surface area contributed by atoms with E-state index in [0.29, 0.717) is 12.0 Å². The van der Waals surface area contributed by atoms with E-state index in [1.807, 2.05) is 0 Å². The van der Waals surface area contributed by atoms with E-state index < -0.39 is 0 Å². The average molecular weight is 228 g/mol.